The zero-order valence-electron chi connectivity index (χ0n) is 11.0. The first-order chi connectivity index (χ1) is 10.1. The van der Waals surface area contributed by atoms with E-state index in [2.05, 4.69) is 0 Å². The molecule has 0 aliphatic heterocycles. The molecule has 0 aliphatic rings. The lowest BCUT2D eigenvalue weighted by Crippen LogP contribution is -1.94. The Morgan fingerprint density at radius 3 is 2.57 bits per heavy atom. The summed E-state index contributed by atoms with van der Waals surface area (Å²) in [6, 6.07) is 17.7. The molecule has 3 rings (SSSR count). The van der Waals surface area contributed by atoms with Gasteiger partial charge in [0.15, 0.2) is 0 Å². The van der Waals surface area contributed by atoms with E-state index in [0.29, 0.717) is 17.2 Å². The van der Waals surface area contributed by atoms with Crippen LogP contribution in [0, 0.1) is 10.1 Å². The topological polar surface area (TPSA) is 78.4 Å². The van der Waals surface area contributed by atoms with Crippen LogP contribution in [0.5, 0.6) is 11.5 Å². The van der Waals surface area contributed by atoms with Crippen molar-refractivity contribution in [2.75, 3.05) is 5.73 Å². The van der Waals surface area contributed by atoms with Crippen molar-refractivity contribution in [3.63, 3.8) is 0 Å². The van der Waals surface area contributed by atoms with Gasteiger partial charge in [-0.3, -0.25) is 10.1 Å². The molecular formula is C16H12N2O3. The van der Waals surface area contributed by atoms with Crippen LogP contribution in [-0.4, -0.2) is 4.92 Å². The number of ether oxygens (including phenoxy) is 1. The summed E-state index contributed by atoms with van der Waals surface area (Å²) in [4.78, 5) is 10.4. The van der Waals surface area contributed by atoms with Gasteiger partial charge in [-0.2, -0.15) is 0 Å². The molecule has 0 bridgehead atoms. The summed E-state index contributed by atoms with van der Waals surface area (Å²) >= 11 is 0. The Kier molecular flexibility index (Phi) is 3.16. The van der Waals surface area contributed by atoms with Crippen molar-refractivity contribution in [3.8, 4) is 11.5 Å². The molecule has 0 aliphatic carbocycles. The van der Waals surface area contributed by atoms with Gasteiger partial charge in [0.25, 0.3) is 5.69 Å². The molecule has 0 atom stereocenters. The van der Waals surface area contributed by atoms with Crippen LogP contribution in [0.25, 0.3) is 10.8 Å². The second-order valence-corrected chi connectivity index (χ2v) is 4.60. The van der Waals surface area contributed by atoms with Crippen molar-refractivity contribution < 1.29 is 9.66 Å². The van der Waals surface area contributed by atoms with Crippen LogP contribution in [0.2, 0.25) is 0 Å². The summed E-state index contributed by atoms with van der Waals surface area (Å²) < 4.78 is 5.78. The molecule has 0 heterocycles. The zero-order chi connectivity index (χ0) is 14.8. The molecule has 0 amide bonds. The van der Waals surface area contributed by atoms with Gasteiger partial charge in [0.2, 0.25) is 0 Å². The van der Waals surface area contributed by atoms with Gasteiger partial charge >= 0.3 is 0 Å². The first kappa shape index (κ1) is 12.9. The fourth-order valence-electron chi connectivity index (χ4n) is 2.18. The summed E-state index contributed by atoms with van der Waals surface area (Å²) in [7, 11) is 0. The Balaban J connectivity index is 2.05. The van der Waals surface area contributed by atoms with E-state index in [1.54, 1.807) is 6.07 Å². The number of non-ortho nitro benzene ring substituents is 1. The van der Waals surface area contributed by atoms with E-state index < -0.39 is 4.92 Å². The molecule has 5 nitrogen and oxygen atoms in total. The van der Waals surface area contributed by atoms with E-state index >= 15 is 0 Å². The highest BCUT2D eigenvalue weighted by molar-refractivity contribution is 5.88. The third-order valence-electron chi connectivity index (χ3n) is 3.10. The van der Waals surface area contributed by atoms with E-state index in [1.165, 1.54) is 12.1 Å². The molecule has 2 N–H and O–H groups in total. The lowest BCUT2D eigenvalue weighted by atomic mass is 10.1. The molecule has 21 heavy (non-hydrogen) atoms. The number of nitrogen functional groups attached to an aromatic ring is 1. The van der Waals surface area contributed by atoms with Gasteiger partial charge in [-0.15, -0.1) is 0 Å². The highest BCUT2D eigenvalue weighted by atomic mass is 16.6. The summed E-state index contributed by atoms with van der Waals surface area (Å²) in [6.45, 7) is 0. The molecule has 104 valence electrons. The molecule has 0 saturated heterocycles. The maximum absolute atomic E-state index is 10.9. The van der Waals surface area contributed by atoms with Crippen LogP contribution in [0.4, 0.5) is 11.4 Å². The number of nitrogens with two attached hydrogens (primary N) is 1. The minimum Gasteiger partial charge on any atom is -0.456 e. The highest BCUT2D eigenvalue weighted by Crippen LogP contribution is 2.32. The lowest BCUT2D eigenvalue weighted by molar-refractivity contribution is -0.384. The summed E-state index contributed by atoms with van der Waals surface area (Å²) in [6.07, 6.45) is 0. The van der Waals surface area contributed by atoms with Gasteiger partial charge < -0.3 is 10.5 Å². The van der Waals surface area contributed by atoms with Gasteiger partial charge in [0.1, 0.15) is 11.5 Å². The van der Waals surface area contributed by atoms with E-state index in [4.69, 9.17) is 10.5 Å². The smallest absolute Gasteiger partial charge is 0.275 e. The molecule has 0 aromatic heterocycles. The molecule has 5 heteroatoms. The Morgan fingerprint density at radius 1 is 1.00 bits per heavy atom. The van der Waals surface area contributed by atoms with E-state index in [0.717, 1.165) is 10.8 Å². The third kappa shape index (κ3) is 2.62. The normalized spacial score (nSPS) is 10.5. The average molecular weight is 280 g/mol. The molecule has 0 saturated carbocycles. The Morgan fingerprint density at radius 2 is 1.76 bits per heavy atom. The van der Waals surface area contributed by atoms with Gasteiger partial charge in [-0.25, -0.2) is 0 Å². The largest absolute Gasteiger partial charge is 0.456 e. The van der Waals surface area contributed by atoms with E-state index in [-0.39, 0.29) is 5.69 Å². The van der Waals surface area contributed by atoms with E-state index in [9.17, 15) is 10.1 Å². The number of hydrogen-bond donors (Lipinski definition) is 1. The molecule has 0 unspecified atom stereocenters. The number of nitro groups is 1. The van der Waals surface area contributed by atoms with Crippen molar-refractivity contribution in [1.82, 2.24) is 0 Å². The van der Waals surface area contributed by atoms with Crippen LogP contribution in [-0.2, 0) is 0 Å². The van der Waals surface area contributed by atoms with Gasteiger partial charge in [-0.1, -0.05) is 36.4 Å². The second-order valence-electron chi connectivity index (χ2n) is 4.60. The standard InChI is InChI=1S/C16H12N2O3/c17-12-8-13(18(19)20)10-14(9-12)21-16-7-3-5-11-4-1-2-6-15(11)16/h1-10H,17H2. The minimum absolute atomic E-state index is 0.0924. The Hall–Kier alpha value is -3.08. The first-order valence-corrected chi connectivity index (χ1v) is 6.34. The van der Waals surface area contributed by atoms with Gasteiger partial charge in [0, 0.05) is 23.2 Å². The average Bonchev–Trinajstić information content (AvgIpc) is 2.47. The lowest BCUT2D eigenvalue weighted by Gasteiger charge is -2.09. The van der Waals surface area contributed by atoms with Crippen molar-refractivity contribution in [2.24, 2.45) is 0 Å². The predicted molar refractivity (Wildman–Crippen MR) is 81.5 cm³/mol. The Labute approximate surface area is 120 Å². The molecular weight excluding hydrogens is 268 g/mol. The summed E-state index contributed by atoms with van der Waals surface area (Å²) in [5.41, 5.74) is 5.88. The number of benzene rings is 3. The van der Waals surface area contributed by atoms with E-state index in [1.807, 2.05) is 42.5 Å². The molecule has 0 radical (unpaired) electrons. The molecule has 3 aromatic rings. The fraction of sp³-hybridized carbons (Fsp3) is 0. The number of rotatable bonds is 3. The number of nitrogens with zero attached hydrogens (tertiary/aromatic N) is 1. The van der Waals surface area contributed by atoms with Crippen LogP contribution in [0.3, 0.4) is 0 Å². The van der Waals surface area contributed by atoms with Crippen LogP contribution < -0.4 is 10.5 Å². The summed E-state index contributed by atoms with van der Waals surface area (Å²) in [5, 5.41) is 12.8. The Bertz CT molecular complexity index is 825. The highest BCUT2D eigenvalue weighted by Gasteiger charge is 2.11. The maximum Gasteiger partial charge on any atom is 0.275 e. The van der Waals surface area contributed by atoms with Gasteiger partial charge in [-0.05, 0) is 11.5 Å². The number of hydrogen-bond acceptors (Lipinski definition) is 4. The zero-order valence-corrected chi connectivity index (χ0v) is 11.0. The third-order valence-corrected chi connectivity index (χ3v) is 3.10. The maximum atomic E-state index is 10.9. The minimum atomic E-state index is -0.494. The molecule has 3 aromatic carbocycles. The number of nitro benzene ring substituents is 1. The fourth-order valence-corrected chi connectivity index (χ4v) is 2.18. The van der Waals surface area contributed by atoms with Crippen molar-refractivity contribution in [2.45, 2.75) is 0 Å². The van der Waals surface area contributed by atoms with Crippen molar-refractivity contribution in [3.05, 3.63) is 70.8 Å². The monoisotopic (exact) mass is 280 g/mol. The van der Waals surface area contributed by atoms with Crippen LogP contribution >= 0.6 is 0 Å². The number of anilines is 1. The first-order valence-electron chi connectivity index (χ1n) is 6.34. The van der Waals surface area contributed by atoms with Crippen molar-refractivity contribution in [1.29, 1.82) is 0 Å². The molecule has 0 spiro atoms. The SMILES string of the molecule is Nc1cc(Oc2cccc3ccccc23)cc([N+](=O)[O-])c1. The predicted octanol–water partition coefficient (Wildman–Crippen LogP) is 4.12. The summed E-state index contributed by atoms with van der Waals surface area (Å²) in [5.74, 6) is 0.978. The quantitative estimate of drug-likeness (QED) is 0.444. The van der Waals surface area contributed by atoms with Crippen LogP contribution in [0.1, 0.15) is 0 Å². The van der Waals surface area contributed by atoms with Crippen LogP contribution in [0.15, 0.2) is 60.7 Å². The molecule has 0 fully saturated rings. The van der Waals surface area contributed by atoms with Crippen molar-refractivity contribution >= 4 is 22.1 Å². The van der Waals surface area contributed by atoms with Gasteiger partial charge in [0.05, 0.1) is 11.0 Å². The second kappa shape index (κ2) is 5.13. The number of fused-ring (bicyclic) bond motifs is 1.